The highest BCUT2D eigenvalue weighted by atomic mass is 79.9. The summed E-state index contributed by atoms with van der Waals surface area (Å²) in [5.41, 5.74) is 6.29. The van der Waals surface area contributed by atoms with Crippen molar-refractivity contribution in [2.24, 2.45) is 5.73 Å². The highest BCUT2D eigenvalue weighted by Gasteiger charge is 2.30. The number of rotatable bonds is 10. The number of ether oxygens (including phenoxy) is 4. The van der Waals surface area contributed by atoms with Crippen LogP contribution in [0.2, 0.25) is 0 Å². The maximum absolute atomic E-state index is 15.4. The minimum atomic E-state index is -3.48. The van der Waals surface area contributed by atoms with E-state index in [2.05, 4.69) is 30.9 Å². The van der Waals surface area contributed by atoms with Crippen molar-refractivity contribution >= 4 is 33.1 Å². The van der Waals surface area contributed by atoms with Crippen LogP contribution in [0.25, 0.3) is 28.1 Å². The van der Waals surface area contributed by atoms with Crippen LogP contribution in [0.1, 0.15) is 5.56 Å². The van der Waals surface area contributed by atoms with Gasteiger partial charge in [0, 0.05) is 17.8 Å². The van der Waals surface area contributed by atoms with Gasteiger partial charge in [0.1, 0.15) is 35.4 Å². The van der Waals surface area contributed by atoms with Gasteiger partial charge < -0.3 is 29.2 Å². The molecule has 2 aromatic carbocycles. The number of pyridine rings is 1. The highest BCUT2D eigenvalue weighted by molar-refractivity contribution is 9.10. The van der Waals surface area contributed by atoms with E-state index in [1.165, 1.54) is 36.1 Å². The molecule has 1 atom stereocenters. The van der Waals surface area contributed by atoms with E-state index in [4.69, 9.17) is 24.7 Å². The first-order valence-electron chi connectivity index (χ1n) is 12.3. The summed E-state index contributed by atoms with van der Waals surface area (Å²) < 4.78 is 78.2. The van der Waals surface area contributed by atoms with Crippen LogP contribution in [0.4, 0.5) is 22.4 Å². The summed E-state index contributed by atoms with van der Waals surface area (Å²) in [6.45, 7) is 0.0958. The predicted octanol–water partition coefficient (Wildman–Crippen LogP) is 6.37. The number of alkyl halides is 3. The maximum atomic E-state index is 15.4. The Morgan fingerprint density at radius 2 is 1.81 bits per heavy atom. The molecule has 5 rings (SSSR count). The molecule has 0 spiro atoms. The van der Waals surface area contributed by atoms with Crippen LogP contribution in [0.3, 0.4) is 0 Å². The third kappa shape index (κ3) is 6.16. The lowest BCUT2D eigenvalue weighted by Gasteiger charge is -2.16. The minimum Gasteiger partial charge on any atom is -0.494 e. The Balaban J connectivity index is 1.70. The lowest BCUT2D eigenvalue weighted by atomic mass is 10.2. The smallest absolute Gasteiger partial charge is 0.410 e. The molecular formula is C28H20BrF4N5O5. The number of halogens is 5. The Labute approximate surface area is 249 Å². The number of carbonyl (C=O) groups excluding carboxylic acids is 1. The first kappa shape index (κ1) is 29.6. The second-order valence-corrected chi connectivity index (χ2v) is 9.50. The van der Waals surface area contributed by atoms with E-state index in [0.717, 1.165) is 18.0 Å². The summed E-state index contributed by atoms with van der Waals surface area (Å²) in [6, 6.07) is 14.4. The number of methoxy groups -OCH3 is 1. The van der Waals surface area contributed by atoms with E-state index >= 15 is 4.39 Å². The molecule has 10 nitrogen and oxygen atoms in total. The second kappa shape index (κ2) is 12.5. The lowest BCUT2D eigenvalue weighted by Crippen LogP contribution is -2.20. The molecule has 222 valence electrons. The average molecular weight is 662 g/mol. The summed E-state index contributed by atoms with van der Waals surface area (Å²) >= 11 is 3.44. The van der Waals surface area contributed by atoms with Crippen molar-refractivity contribution in [3.05, 3.63) is 83.0 Å². The standard InChI is InChI=1S/C28H20BrF4N5O5/c1-40-19-10-16(42-28(34)39)11-35-21(19)23-20(29)22-24(27(37-13-36-22)43-26(33)25(31)32)38(23)15-7-8-18(17(30)9-15)41-12-14-5-3-2-4-6-14/h2-11,13,25-26H,12H2,1H3,(H2,34,39). The van der Waals surface area contributed by atoms with Gasteiger partial charge in [-0.3, -0.25) is 0 Å². The average Bonchev–Trinajstić information content (AvgIpc) is 3.29. The van der Waals surface area contributed by atoms with Gasteiger partial charge in [-0.05, 0) is 33.6 Å². The van der Waals surface area contributed by atoms with Crippen LogP contribution >= 0.6 is 15.9 Å². The molecule has 5 aromatic rings. The zero-order chi connectivity index (χ0) is 30.7. The van der Waals surface area contributed by atoms with Gasteiger partial charge in [0.2, 0.25) is 5.88 Å². The number of amides is 1. The Bertz CT molecular complexity index is 1790. The molecule has 0 fully saturated rings. The molecular weight excluding hydrogens is 642 g/mol. The largest absolute Gasteiger partial charge is 0.494 e. The van der Waals surface area contributed by atoms with Gasteiger partial charge in [-0.2, -0.15) is 9.37 Å². The molecule has 3 heterocycles. The number of hydrogen-bond donors (Lipinski definition) is 1. The number of hydrogen-bond acceptors (Lipinski definition) is 8. The molecule has 0 radical (unpaired) electrons. The molecule has 3 aromatic heterocycles. The number of nitrogens with two attached hydrogens (primary N) is 1. The van der Waals surface area contributed by atoms with Crippen molar-refractivity contribution in [2.45, 2.75) is 19.4 Å². The minimum absolute atomic E-state index is 0.0427. The van der Waals surface area contributed by atoms with Crippen LogP contribution in [0.5, 0.6) is 23.1 Å². The van der Waals surface area contributed by atoms with Crippen LogP contribution in [-0.2, 0) is 6.61 Å². The Hall–Kier alpha value is -4.92. The molecule has 1 unspecified atom stereocenters. The van der Waals surface area contributed by atoms with E-state index in [1.54, 1.807) is 0 Å². The summed E-state index contributed by atoms with van der Waals surface area (Å²) in [6.07, 6.45) is -5.42. The Morgan fingerprint density at radius 1 is 1.05 bits per heavy atom. The molecule has 0 saturated carbocycles. The topological polar surface area (TPSA) is 124 Å². The number of nitrogens with zero attached hydrogens (tertiary/aromatic N) is 4. The molecule has 0 bridgehead atoms. The molecule has 1 amide bonds. The van der Waals surface area contributed by atoms with E-state index in [9.17, 15) is 18.0 Å². The fraction of sp³-hybridized carbons (Fsp3) is 0.143. The summed E-state index contributed by atoms with van der Waals surface area (Å²) in [7, 11) is 1.32. The quantitative estimate of drug-likeness (QED) is 0.171. The summed E-state index contributed by atoms with van der Waals surface area (Å²) in [5.74, 6) is -1.36. The molecule has 43 heavy (non-hydrogen) atoms. The van der Waals surface area contributed by atoms with Crippen molar-refractivity contribution in [3.8, 4) is 40.2 Å². The molecule has 0 saturated heterocycles. The molecule has 0 aliphatic heterocycles. The van der Waals surface area contributed by atoms with E-state index < -0.39 is 30.6 Å². The number of fused-ring (bicyclic) bond motifs is 1. The van der Waals surface area contributed by atoms with Gasteiger partial charge in [0.25, 0.3) is 6.36 Å². The van der Waals surface area contributed by atoms with Crippen molar-refractivity contribution in [1.29, 1.82) is 0 Å². The van der Waals surface area contributed by atoms with Gasteiger partial charge in [-0.15, -0.1) is 0 Å². The zero-order valence-corrected chi connectivity index (χ0v) is 23.6. The van der Waals surface area contributed by atoms with Crippen molar-refractivity contribution < 1.29 is 41.3 Å². The number of primary amides is 1. The first-order chi connectivity index (χ1) is 20.7. The van der Waals surface area contributed by atoms with Gasteiger partial charge in [0.15, 0.2) is 17.3 Å². The number of carbonyl (C=O) groups is 1. The monoisotopic (exact) mass is 661 g/mol. The maximum Gasteiger partial charge on any atom is 0.410 e. The molecule has 0 aliphatic carbocycles. The second-order valence-electron chi connectivity index (χ2n) is 8.71. The van der Waals surface area contributed by atoms with Gasteiger partial charge in [0.05, 0.1) is 23.5 Å². The highest BCUT2D eigenvalue weighted by Crippen LogP contribution is 2.45. The number of aromatic nitrogens is 4. The fourth-order valence-corrected chi connectivity index (χ4v) is 4.83. The van der Waals surface area contributed by atoms with Gasteiger partial charge >= 0.3 is 12.5 Å². The predicted molar refractivity (Wildman–Crippen MR) is 149 cm³/mol. The van der Waals surface area contributed by atoms with E-state index in [0.29, 0.717) is 0 Å². The van der Waals surface area contributed by atoms with Crippen molar-refractivity contribution in [2.75, 3.05) is 7.11 Å². The van der Waals surface area contributed by atoms with Crippen molar-refractivity contribution in [1.82, 2.24) is 19.5 Å². The Kier molecular flexibility index (Phi) is 8.61. The third-order valence-electron chi connectivity index (χ3n) is 5.98. The number of benzene rings is 2. The van der Waals surface area contributed by atoms with Crippen LogP contribution in [-0.4, -0.2) is 45.5 Å². The van der Waals surface area contributed by atoms with Crippen LogP contribution < -0.4 is 24.7 Å². The van der Waals surface area contributed by atoms with Gasteiger partial charge in [-0.25, -0.2) is 27.9 Å². The molecule has 2 N–H and O–H groups in total. The fourth-order valence-electron chi connectivity index (χ4n) is 4.17. The molecule has 0 aliphatic rings. The lowest BCUT2D eigenvalue weighted by molar-refractivity contribution is -0.0683. The molecule has 15 heteroatoms. The first-order valence-corrected chi connectivity index (χ1v) is 13.1. The summed E-state index contributed by atoms with van der Waals surface area (Å²) in [4.78, 5) is 23.6. The van der Waals surface area contributed by atoms with E-state index in [1.807, 2.05) is 30.3 Å². The SMILES string of the molecule is COc1cc(OC(N)=O)cnc1-c1c(Br)c2ncnc(OC(F)C(F)F)c2n1-c1ccc(OCc2ccccc2)c(F)c1. The zero-order valence-electron chi connectivity index (χ0n) is 22.0. The van der Waals surface area contributed by atoms with Crippen molar-refractivity contribution in [3.63, 3.8) is 0 Å². The van der Waals surface area contributed by atoms with Crippen LogP contribution in [0.15, 0.2) is 71.6 Å². The Morgan fingerprint density at radius 3 is 2.49 bits per heavy atom. The van der Waals surface area contributed by atoms with Gasteiger partial charge in [-0.1, -0.05) is 30.3 Å². The normalized spacial score (nSPS) is 11.9. The summed E-state index contributed by atoms with van der Waals surface area (Å²) in [5, 5.41) is 0. The van der Waals surface area contributed by atoms with Crippen LogP contribution in [0, 0.1) is 5.82 Å². The third-order valence-corrected chi connectivity index (χ3v) is 6.73. The van der Waals surface area contributed by atoms with E-state index in [-0.39, 0.29) is 56.4 Å².